The number of nitrogens with one attached hydrogen (secondary N) is 1. The topological polar surface area (TPSA) is 62.2 Å². The van der Waals surface area contributed by atoms with E-state index < -0.39 is 12.0 Å². The molecule has 0 aliphatic heterocycles. The Kier molecular flexibility index (Phi) is 4.24. The first-order valence-electron chi connectivity index (χ1n) is 4.97. The first-order chi connectivity index (χ1) is 7.09. The van der Waals surface area contributed by atoms with Gasteiger partial charge < -0.3 is 10.4 Å². The van der Waals surface area contributed by atoms with Crippen LogP contribution in [0.1, 0.15) is 19.4 Å². The Balaban J connectivity index is 2.63. The number of aromatic nitrogens is 1. The highest BCUT2D eigenvalue weighted by molar-refractivity contribution is 5.73. The van der Waals surface area contributed by atoms with E-state index in [0.29, 0.717) is 6.42 Å². The van der Waals surface area contributed by atoms with Crippen LogP contribution in [0.3, 0.4) is 0 Å². The molecule has 0 radical (unpaired) electrons. The average Bonchev–Trinajstić information content (AvgIpc) is 2.17. The molecule has 0 aliphatic carbocycles. The molecule has 1 rings (SSSR count). The molecule has 2 N–H and O–H groups in total. The van der Waals surface area contributed by atoms with Crippen molar-refractivity contribution in [3.63, 3.8) is 0 Å². The van der Waals surface area contributed by atoms with Gasteiger partial charge in [-0.25, -0.2) is 0 Å². The van der Waals surface area contributed by atoms with E-state index in [1.54, 1.807) is 12.4 Å². The number of rotatable bonds is 5. The highest BCUT2D eigenvalue weighted by Gasteiger charge is 2.18. The van der Waals surface area contributed by atoms with Crippen LogP contribution < -0.4 is 5.32 Å². The predicted octanol–water partition coefficient (Wildman–Crippen LogP) is 1.08. The maximum Gasteiger partial charge on any atom is 0.321 e. The van der Waals surface area contributed by atoms with Crippen LogP contribution >= 0.6 is 0 Å². The Morgan fingerprint density at radius 2 is 2.07 bits per heavy atom. The van der Waals surface area contributed by atoms with Crippen molar-refractivity contribution in [2.75, 3.05) is 0 Å². The van der Waals surface area contributed by atoms with E-state index in [1.165, 1.54) is 0 Å². The summed E-state index contributed by atoms with van der Waals surface area (Å²) >= 11 is 0. The second-order valence-corrected chi connectivity index (χ2v) is 3.77. The van der Waals surface area contributed by atoms with Crippen LogP contribution in [0.5, 0.6) is 0 Å². The second-order valence-electron chi connectivity index (χ2n) is 3.77. The van der Waals surface area contributed by atoms with Crippen LogP contribution in [0.2, 0.25) is 0 Å². The van der Waals surface area contributed by atoms with Gasteiger partial charge in [0.1, 0.15) is 6.04 Å². The fourth-order valence-corrected chi connectivity index (χ4v) is 1.37. The van der Waals surface area contributed by atoms with Crippen molar-refractivity contribution in [1.29, 1.82) is 0 Å². The summed E-state index contributed by atoms with van der Waals surface area (Å²) in [5.41, 5.74) is 0.977. The molecule has 0 saturated heterocycles. The molecule has 0 aliphatic rings. The molecular weight excluding hydrogens is 192 g/mol. The minimum absolute atomic E-state index is 0.160. The molecule has 4 heteroatoms. The number of nitrogens with zero attached hydrogens (tertiary/aromatic N) is 1. The third-order valence-corrected chi connectivity index (χ3v) is 2.02. The van der Waals surface area contributed by atoms with Gasteiger partial charge in [-0.3, -0.25) is 9.78 Å². The molecule has 0 fully saturated rings. The van der Waals surface area contributed by atoms with Crippen molar-refractivity contribution in [2.24, 2.45) is 0 Å². The Morgan fingerprint density at radius 1 is 1.47 bits per heavy atom. The van der Waals surface area contributed by atoms with Gasteiger partial charge in [-0.05, 0) is 24.1 Å². The molecule has 0 aromatic carbocycles. The lowest BCUT2D eigenvalue weighted by molar-refractivity contribution is -0.139. The second kappa shape index (κ2) is 5.46. The first kappa shape index (κ1) is 11.7. The number of hydrogen-bond acceptors (Lipinski definition) is 3. The van der Waals surface area contributed by atoms with Crippen LogP contribution in [0.4, 0.5) is 0 Å². The third kappa shape index (κ3) is 4.08. The third-order valence-electron chi connectivity index (χ3n) is 2.02. The zero-order chi connectivity index (χ0) is 11.3. The van der Waals surface area contributed by atoms with E-state index >= 15 is 0 Å². The highest BCUT2D eigenvalue weighted by atomic mass is 16.4. The van der Waals surface area contributed by atoms with Crippen LogP contribution in [0.25, 0.3) is 0 Å². The molecule has 0 amide bonds. The summed E-state index contributed by atoms with van der Waals surface area (Å²) in [6.45, 7) is 3.87. The number of hydrogen-bond donors (Lipinski definition) is 2. The molecule has 15 heavy (non-hydrogen) atoms. The maximum absolute atomic E-state index is 11.0. The van der Waals surface area contributed by atoms with Crippen molar-refractivity contribution < 1.29 is 9.90 Å². The summed E-state index contributed by atoms with van der Waals surface area (Å²) < 4.78 is 0. The summed E-state index contributed by atoms with van der Waals surface area (Å²) in [5, 5.41) is 12.0. The lowest BCUT2D eigenvalue weighted by Gasteiger charge is -2.16. The van der Waals surface area contributed by atoms with E-state index in [9.17, 15) is 4.79 Å². The minimum atomic E-state index is -0.819. The van der Waals surface area contributed by atoms with Gasteiger partial charge in [0.2, 0.25) is 0 Å². The van der Waals surface area contributed by atoms with E-state index in [4.69, 9.17) is 5.11 Å². The molecule has 1 unspecified atom stereocenters. The molecule has 1 aromatic heterocycles. The van der Waals surface area contributed by atoms with Crippen molar-refractivity contribution in [3.8, 4) is 0 Å². The molecule has 1 atom stereocenters. The summed E-state index contributed by atoms with van der Waals surface area (Å²) in [5.74, 6) is -0.819. The molecule has 82 valence electrons. The van der Waals surface area contributed by atoms with Gasteiger partial charge in [0, 0.05) is 18.4 Å². The van der Waals surface area contributed by atoms with Gasteiger partial charge in [0.15, 0.2) is 0 Å². The standard InChI is InChI=1S/C11H16N2O2/c1-8(2)13-10(11(14)15)7-9-3-5-12-6-4-9/h3-6,8,10,13H,7H2,1-2H3,(H,14,15). The van der Waals surface area contributed by atoms with Crippen LogP contribution in [0.15, 0.2) is 24.5 Å². The minimum Gasteiger partial charge on any atom is -0.480 e. The lowest BCUT2D eigenvalue weighted by Crippen LogP contribution is -2.42. The number of carbonyl (C=O) groups is 1. The number of aliphatic carboxylic acids is 1. The van der Waals surface area contributed by atoms with Crippen LogP contribution in [-0.4, -0.2) is 28.1 Å². The molecule has 1 aromatic rings. The summed E-state index contributed by atoms with van der Waals surface area (Å²) in [6.07, 6.45) is 3.82. The zero-order valence-electron chi connectivity index (χ0n) is 8.97. The fourth-order valence-electron chi connectivity index (χ4n) is 1.37. The van der Waals surface area contributed by atoms with Gasteiger partial charge in [0.25, 0.3) is 0 Å². The van der Waals surface area contributed by atoms with E-state index in [0.717, 1.165) is 5.56 Å². The summed E-state index contributed by atoms with van der Waals surface area (Å²) in [4.78, 5) is 14.9. The molecular formula is C11H16N2O2. The van der Waals surface area contributed by atoms with Crippen molar-refractivity contribution in [1.82, 2.24) is 10.3 Å². The normalized spacial score (nSPS) is 12.7. The fraction of sp³-hybridized carbons (Fsp3) is 0.455. The molecule has 4 nitrogen and oxygen atoms in total. The zero-order valence-corrected chi connectivity index (χ0v) is 8.97. The molecule has 0 bridgehead atoms. The summed E-state index contributed by atoms with van der Waals surface area (Å²) in [7, 11) is 0. The maximum atomic E-state index is 11.0. The van der Waals surface area contributed by atoms with Crippen molar-refractivity contribution >= 4 is 5.97 Å². The van der Waals surface area contributed by atoms with E-state index in [-0.39, 0.29) is 6.04 Å². The largest absolute Gasteiger partial charge is 0.480 e. The quantitative estimate of drug-likeness (QED) is 0.760. The van der Waals surface area contributed by atoms with Gasteiger partial charge in [-0.1, -0.05) is 13.8 Å². The monoisotopic (exact) mass is 208 g/mol. The van der Waals surface area contributed by atoms with Gasteiger partial charge >= 0.3 is 5.97 Å². The van der Waals surface area contributed by atoms with Crippen LogP contribution in [-0.2, 0) is 11.2 Å². The van der Waals surface area contributed by atoms with Crippen molar-refractivity contribution in [2.45, 2.75) is 32.4 Å². The number of carboxylic acid groups (broad SMARTS) is 1. The van der Waals surface area contributed by atoms with Gasteiger partial charge in [0.05, 0.1) is 0 Å². The number of pyridine rings is 1. The van der Waals surface area contributed by atoms with E-state index in [1.807, 2.05) is 26.0 Å². The number of carboxylic acids is 1. The Bertz CT molecular complexity index is 312. The predicted molar refractivity (Wildman–Crippen MR) is 57.6 cm³/mol. The van der Waals surface area contributed by atoms with Gasteiger partial charge in [-0.2, -0.15) is 0 Å². The SMILES string of the molecule is CC(C)NC(Cc1ccncc1)C(=O)O. The Labute approximate surface area is 89.3 Å². The first-order valence-corrected chi connectivity index (χ1v) is 4.97. The average molecular weight is 208 g/mol. The molecule has 0 spiro atoms. The van der Waals surface area contributed by atoms with Gasteiger partial charge in [-0.15, -0.1) is 0 Å². The lowest BCUT2D eigenvalue weighted by atomic mass is 10.1. The smallest absolute Gasteiger partial charge is 0.321 e. The molecule has 1 heterocycles. The Hall–Kier alpha value is -1.42. The Morgan fingerprint density at radius 3 is 2.53 bits per heavy atom. The van der Waals surface area contributed by atoms with Crippen molar-refractivity contribution in [3.05, 3.63) is 30.1 Å². The molecule has 0 saturated carbocycles. The van der Waals surface area contributed by atoms with Crippen LogP contribution in [0, 0.1) is 0 Å². The van der Waals surface area contributed by atoms with E-state index in [2.05, 4.69) is 10.3 Å². The summed E-state index contributed by atoms with van der Waals surface area (Å²) in [6, 6.07) is 3.29. The highest BCUT2D eigenvalue weighted by Crippen LogP contribution is 2.02.